The van der Waals surface area contributed by atoms with Crippen molar-refractivity contribution in [3.63, 3.8) is 0 Å². The van der Waals surface area contributed by atoms with E-state index in [1.165, 1.54) is 0 Å². The number of amides is 1. The molecule has 0 atom stereocenters. The lowest BCUT2D eigenvalue weighted by atomic mass is 10.2. The number of anilines is 1. The lowest BCUT2D eigenvalue weighted by Crippen LogP contribution is -2.28. The number of aromatic carboxylic acids is 1. The largest absolute Gasteiger partial charge is 0.475 e. The Morgan fingerprint density at radius 3 is 2.50 bits per heavy atom. The Morgan fingerprint density at radius 2 is 2.00 bits per heavy atom. The third-order valence-electron chi connectivity index (χ3n) is 2.52. The molecule has 2 heterocycles. The number of carbonyl (C=O) groups excluding carboxylic acids is 1. The van der Waals surface area contributed by atoms with Crippen LogP contribution in [0.25, 0.3) is 0 Å². The first-order valence-electron chi connectivity index (χ1n) is 4.89. The third-order valence-corrected chi connectivity index (χ3v) is 2.52. The molecule has 2 rings (SSSR count). The van der Waals surface area contributed by atoms with Crippen LogP contribution in [-0.4, -0.2) is 40.1 Å². The number of carboxylic acids is 1. The van der Waals surface area contributed by atoms with Crippen LogP contribution in [0.4, 0.5) is 5.69 Å². The van der Waals surface area contributed by atoms with E-state index in [4.69, 9.17) is 10.8 Å². The highest BCUT2D eigenvalue weighted by Crippen LogP contribution is 2.20. The highest BCUT2D eigenvalue weighted by Gasteiger charge is 2.28. The Kier molecular flexibility index (Phi) is 2.51. The molecule has 0 saturated carbocycles. The number of likely N-dealkylation sites (tertiary alicyclic amines) is 1. The molecule has 0 radical (unpaired) electrons. The average molecular weight is 225 g/mol. The second kappa shape index (κ2) is 3.84. The van der Waals surface area contributed by atoms with Gasteiger partial charge in [0, 0.05) is 13.1 Å². The summed E-state index contributed by atoms with van der Waals surface area (Å²) in [4.78, 5) is 24.1. The summed E-state index contributed by atoms with van der Waals surface area (Å²) < 4.78 is 4.52. The molecule has 1 aliphatic heterocycles. The number of nitrogen functional groups attached to an aromatic ring is 1. The van der Waals surface area contributed by atoms with Gasteiger partial charge in [-0.05, 0) is 12.8 Å². The van der Waals surface area contributed by atoms with Crippen LogP contribution < -0.4 is 5.73 Å². The Morgan fingerprint density at radius 1 is 1.38 bits per heavy atom. The molecule has 16 heavy (non-hydrogen) atoms. The summed E-state index contributed by atoms with van der Waals surface area (Å²) in [6.07, 6.45) is 1.88. The van der Waals surface area contributed by atoms with Crippen LogP contribution in [0.5, 0.6) is 0 Å². The van der Waals surface area contributed by atoms with Crippen molar-refractivity contribution >= 4 is 17.6 Å². The third kappa shape index (κ3) is 1.60. The molecule has 0 spiro atoms. The summed E-state index contributed by atoms with van der Waals surface area (Å²) in [5.41, 5.74) is 5.17. The minimum Gasteiger partial charge on any atom is -0.475 e. The zero-order valence-corrected chi connectivity index (χ0v) is 8.47. The lowest BCUT2D eigenvalue weighted by Gasteiger charge is -2.12. The molecule has 7 nitrogen and oxygen atoms in total. The van der Waals surface area contributed by atoms with Crippen LogP contribution in [0.2, 0.25) is 0 Å². The second-order valence-electron chi connectivity index (χ2n) is 3.58. The molecule has 1 aliphatic rings. The second-order valence-corrected chi connectivity index (χ2v) is 3.58. The number of aromatic nitrogens is 1. The molecule has 0 aliphatic carbocycles. The molecular weight excluding hydrogens is 214 g/mol. The smallest absolute Gasteiger partial charge is 0.376 e. The molecule has 3 N–H and O–H groups in total. The van der Waals surface area contributed by atoms with E-state index < -0.39 is 11.7 Å². The minimum atomic E-state index is -1.33. The van der Waals surface area contributed by atoms with Crippen molar-refractivity contribution in [2.24, 2.45) is 0 Å². The predicted molar refractivity (Wildman–Crippen MR) is 53.0 cm³/mol. The molecule has 1 amide bonds. The van der Waals surface area contributed by atoms with Crippen LogP contribution in [0, 0.1) is 0 Å². The molecule has 0 unspecified atom stereocenters. The number of carbonyl (C=O) groups is 2. The SMILES string of the molecule is Nc1c(C(=O)N2CCCC2)noc1C(=O)O. The molecule has 1 saturated heterocycles. The molecular formula is C9H11N3O4. The van der Waals surface area contributed by atoms with E-state index in [1.54, 1.807) is 4.90 Å². The van der Waals surface area contributed by atoms with Crippen molar-refractivity contribution in [1.29, 1.82) is 0 Å². The molecule has 1 aromatic rings. The Hall–Kier alpha value is -2.05. The summed E-state index contributed by atoms with van der Waals surface area (Å²) in [6.45, 7) is 1.29. The minimum absolute atomic E-state index is 0.112. The molecule has 1 aromatic heterocycles. The first kappa shape index (κ1) is 10.5. The maximum absolute atomic E-state index is 11.8. The van der Waals surface area contributed by atoms with Gasteiger partial charge in [-0.1, -0.05) is 5.16 Å². The van der Waals surface area contributed by atoms with Gasteiger partial charge in [-0.3, -0.25) is 4.79 Å². The normalized spacial score (nSPS) is 15.4. The molecule has 0 aromatic carbocycles. The maximum Gasteiger partial charge on any atom is 0.376 e. The predicted octanol–water partition coefficient (Wildman–Crippen LogP) is 0.191. The first-order valence-corrected chi connectivity index (χ1v) is 4.89. The van der Waals surface area contributed by atoms with E-state index >= 15 is 0 Å². The van der Waals surface area contributed by atoms with Gasteiger partial charge in [0.15, 0.2) is 5.69 Å². The van der Waals surface area contributed by atoms with Crippen molar-refractivity contribution < 1.29 is 19.2 Å². The van der Waals surface area contributed by atoms with Crippen molar-refractivity contribution in [3.05, 3.63) is 11.5 Å². The maximum atomic E-state index is 11.8. The molecule has 86 valence electrons. The van der Waals surface area contributed by atoms with E-state index in [0.29, 0.717) is 13.1 Å². The summed E-state index contributed by atoms with van der Waals surface area (Å²) in [5.74, 6) is -2.18. The number of nitrogens with two attached hydrogens (primary N) is 1. The Labute approximate surface area is 90.8 Å². The van der Waals surface area contributed by atoms with Crippen LogP contribution in [0.15, 0.2) is 4.52 Å². The highest BCUT2D eigenvalue weighted by atomic mass is 16.5. The van der Waals surface area contributed by atoms with E-state index in [0.717, 1.165) is 12.8 Å². The van der Waals surface area contributed by atoms with E-state index in [9.17, 15) is 9.59 Å². The van der Waals surface area contributed by atoms with Crippen molar-refractivity contribution in [3.8, 4) is 0 Å². The standard InChI is InChI=1S/C9H11N3O4/c10-5-6(11-16-7(5)9(14)15)8(13)12-3-1-2-4-12/h1-4,10H2,(H,14,15). The van der Waals surface area contributed by atoms with Crippen molar-refractivity contribution in [1.82, 2.24) is 10.1 Å². The summed E-state index contributed by atoms with van der Waals surface area (Å²) in [5, 5.41) is 12.1. The first-order chi connectivity index (χ1) is 7.61. The molecule has 1 fully saturated rings. The van der Waals surface area contributed by atoms with Gasteiger partial charge in [0.05, 0.1) is 0 Å². The van der Waals surface area contributed by atoms with Crippen LogP contribution >= 0.6 is 0 Å². The average Bonchev–Trinajstić information content (AvgIpc) is 2.84. The summed E-state index contributed by atoms with van der Waals surface area (Å²) in [6, 6.07) is 0. The monoisotopic (exact) mass is 225 g/mol. The fourth-order valence-electron chi connectivity index (χ4n) is 1.68. The summed E-state index contributed by atoms with van der Waals surface area (Å²) >= 11 is 0. The van der Waals surface area contributed by atoms with E-state index in [-0.39, 0.29) is 17.3 Å². The number of nitrogens with zero attached hydrogens (tertiary/aromatic N) is 2. The quantitative estimate of drug-likeness (QED) is 0.743. The van der Waals surface area contributed by atoms with E-state index in [1.807, 2.05) is 0 Å². The zero-order chi connectivity index (χ0) is 11.7. The zero-order valence-electron chi connectivity index (χ0n) is 8.47. The fraction of sp³-hybridized carbons (Fsp3) is 0.444. The molecule has 0 bridgehead atoms. The van der Waals surface area contributed by atoms with Crippen LogP contribution in [-0.2, 0) is 0 Å². The van der Waals surface area contributed by atoms with Crippen LogP contribution in [0.1, 0.15) is 33.9 Å². The van der Waals surface area contributed by atoms with Gasteiger partial charge in [-0.2, -0.15) is 0 Å². The lowest BCUT2D eigenvalue weighted by molar-refractivity contribution is 0.0650. The molecule has 7 heteroatoms. The van der Waals surface area contributed by atoms with Crippen molar-refractivity contribution in [2.75, 3.05) is 18.8 Å². The number of hydrogen-bond acceptors (Lipinski definition) is 5. The van der Waals surface area contributed by atoms with Crippen molar-refractivity contribution in [2.45, 2.75) is 12.8 Å². The van der Waals surface area contributed by atoms with E-state index in [2.05, 4.69) is 9.68 Å². The number of carboxylic acid groups (broad SMARTS) is 1. The Bertz CT molecular complexity index is 434. The van der Waals surface area contributed by atoms with Gasteiger partial charge in [-0.15, -0.1) is 0 Å². The van der Waals surface area contributed by atoms with Gasteiger partial charge in [0.25, 0.3) is 11.7 Å². The van der Waals surface area contributed by atoms with Gasteiger partial charge in [0.1, 0.15) is 5.69 Å². The fourth-order valence-corrected chi connectivity index (χ4v) is 1.68. The number of hydrogen-bond donors (Lipinski definition) is 2. The highest BCUT2D eigenvalue weighted by molar-refractivity contribution is 6.02. The van der Waals surface area contributed by atoms with Gasteiger partial charge < -0.3 is 20.3 Å². The van der Waals surface area contributed by atoms with Gasteiger partial charge in [-0.25, -0.2) is 4.79 Å². The van der Waals surface area contributed by atoms with Crippen LogP contribution in [0.3, 0.4) is 0 Å². The van der Waals surface area contributed by atoms with Gasteiger partial charge >= 0.3 is 5.97 Å². The summed E-state index contributed by atoms with van der Waals surface area (Å²) in [7, 11) is 0. The topological polar surface area (TPSA) is 110 Å². The van der Waals surface area contributed by atoms with Gasteiger partial charge in [0.2, 0.25) is 0 Å². The Balaban J connectivity index is 2.26. The number of rotatable bonds is 2.